The van der Waals surface area contributed by atoms with Gasteiger partial charge in [0.1, 0.15) is 5.75 Å². The summed E-state index contributed by atoms with van der Waals surface area (Å²) in [7, 11) is 0. The van der Waals surface area contributed by atoms with Crippen molar-refractivity contribution in [2.75, 3.05) is 13.2 Å². The molecule has 1 heterocycles. The summed E-state index contributed by atoms with van der Waals surface area (Å²) in [5, 5.41) is 7.52. The van der Waals surface area contributed by atoms with Crippen LogP contribution in [0.1, 0.15) is 41.5 Å². The van der Waals surface area contributed by atoms with E-state index in [1.807, 2.05) is 49.6 Å². The molecule has 1 atom stereocenters. The predicted molar refractivity (Wildman–Crippen MR) is 95.4 cm³/mol. The molecule has 1 aromatic carbocycles. The average molecular weight is 346 g/mol. The molecule has 0 bridgehead atoms. The molecule has 2 aromatic rings. The van der Waals surface area contributed by atoms with Crippen LogP contribution in [0.5, 0.6) is 5.75 Å². The number of hydrogen-bond acceptors (Lipinski definition) is 4. The largest absolute Gasteiger partial charge is 0.494 e. The third-order valence-electron chi connectivity index (χ3n) is 3.45. The fourth-order valence-corrected chi connectivity index (χ4v) is 2.84. The van der Waals surface area contributed by atoms with Crippen molar-refractivity contribution < 1.29 is 14.3 Å². The molecule has 24 heavy (non-hydrogen) atoms. The van der Waals surface area contributed by atoms with Crippen molar-refractivity contribution in [3.05, 3.63) is 52.2 Å². The van der Waals surface area contributed by atoms with E-state index in [0.29, 0.717) is 18.0 Å². The molecule has 0 saturated heterocycles. The lowest BCUT2D eigenvalue weighted by molar-refractivity contribution is -0.121. The lowest BCUT2D eigenvalue weighted by Gasteiger charge is -2.15. The molecule has 0 aliphatic carbocycles. The van der Waals surface area contributed by atoms with E-state index in [2.05, 4.69) is 10.6 Å². The third-order valence-corrected chi connectivity index (χ3v) is 4.32. The number of hydrogen-bond donors (Lipinski definition) is 2. The smallest absolute Gasteiger partial charge is 0.261 e. The van der Waals surface area contributed by atoms with Gasteiger partial charge in [-0.2, -0.15) is 0 Å². The molecular formula is C18H22N2O3S. The first-order valence-electron chi connectivity index (χ1n) is 7.94. The molecule has 0 fully saturated rings. The Balaban J connectivity index is 1.74. The summed E-state index contributed by atoms with van der Waals surface area (Å²) in [6.45, 7) is 4.81. The summed E-state index contributed by atoms with van der Waals surface area (Å²) in [4.78, 5) is 24.4. The quantitative estimate of drug-likeness (QED) is 0.771. The molecule has 2 N–H and O–H groups in total. The summed E-state index contributed by atoms with van der Waals surface area (Å²) >= 11 is 1.38. The molecule has 6 heteroatoms. The van der Waals surface area contributed by atoms with Crippen molar-refractivity contribution in [1.82, 2.24) is 10.6 Å². The van der Waals surface area contributed by atoms with Crippen LogP contribution in [0.3, 0.4) is 0 Å². The maximum absolute atomic E-state index is 12.0. The first-order chi connectivity index (χ1) is 11.6. The second kappa shape index (κ2) is 9.08. The molecule has 0 spiro atoms. The molecular weight excluding hydrogens is 324 g/mol. The summed E-state index contributed by atoms with van der Waals surface area (Å²) in [6, 6.07) is 11.1. The van der Waals surface area contributed by atoms with Crippen LogP contribution in [0, 0.1) is 0 Å². The fourth-order valence-electron chi connectivity index (χ4n) is 2.20. The van der Waals surface area contributed by atoms with Crippen molar-refractivity contribution in [2.45, 2.75) is 26.3 Å². The van der Waals surface area contributed by atoms with Gasteiger partial charge in [-0.3, -0.25) is 9.59 Å². The highest BCUT2D eigenvalue weighted by molar-refractivity contribution is 7.12. The van der Waals surface area contributed by atoms with Crippen LogP contribution in [-0.2, 0) is 4.79 Å². The molecule has 0 saturated carbocycles. The highest BCUT2D eigenvalue weighted by Crippen LogP contribution is 2.17. The van der Waals surface area contributed by atoms with Crippen LogP contribution in [0.25, 0.3) is 0 Å². The number of rotatable bonds is 8. The van der Waals surface area contributed by atoms with Gasteiger partial charge in [0.15, 0.2) is 0 Å². The summed E-state index contributed by atoms with van der Waals surface area (Å²) in [5.74, 6) is 0.580. The number of carbonyl (C=O) groups excluding carboxylic acids is 2. The Bertz CT molecular complexity index is 653. The molecule has 1 aromatic heterocycles. The first kappa shape index (κ1) is 18.0. The fraction of sp³-hybridized carbons (Fsp3) is 0.333. The topological polar surface area (TPSA) is 67.4 Å². The minimum atomic E-state index is -0.141. The third kappa shape index (κ3) is 5.38. The molecule has 1 unspecified atom stereocenters. The lowest BCUT2D eigenvalue weighted by atomic mass is 10.1. The Labute approximate surface area is 146 Å². The molecule has 128 valence electrons. The van der Waals surface area contributed by atoms with Gasteiger partial charge >= 0.3 is 0 Å². The van der Waals surface area contributed by atoms with Crippen molar-refractivity contribution in [3.8, 4) is 5.75 Å². The molecule has 5 nitrogen and oxygen atoms in total. The number of ether oxygens (including phenoxy) is 1. The molecule has 0 radical (unpaired) electrons. The van der Waals surface area contributed by atoms with Crippen molar-refractivity contribution in [1.29, 1.82) is 0 Å². The van der Waals surface area contributed by atoms with Crippen LogP contribution >= 0.6 is 11.3 Å². The Morgan fingerprint density at radius 1 is 1.21 bits per heavy atom. The summed E-state index contributed by atoms with van der Waals surface area (Å²) in [6.07, 6.45) is 0.248. The van der Waals surface area contributed by atoms with Crippen LogP contribution in [0.15, 0.2) is 41.8 Å². The van der Waals surface area contributed by atoms with E-state index < -0.39 is 0 Å². The van der Waals surface area contributed by atoms with Crippen LogP contribution in [0.4, 0.5) is 0 Å². The van der Waals surface area contributed by atoms with E-state index in [4.69, 9.17) is 4.74 Å². The van der Waals surface area contributed by atoms with E-state index in [-0.39, 0.29) is 24.3 Å². The maximum Gasteiger partial charge on any atom is 0.261 e. The van der Waals surface area contributed by atoms with Crippen LogP contribution in [-0.4, -0.2) is 25.0 Å². The van der Waals surface area contributed by atoms with Gasteiger partial charge in [-0.15, -0.1) is 11.3 Å². The second-order valence-corrected chi connectivity index (χ2v) is 6.22. The van der Waals surface area contributed by atoms with E-state index in [1.54, 1.807) is 6.07 Å². The minimum Gasteiger partial charge on any atom is -0.494 e. The SMILES string of the molecule is CCOc1ccc(C(C)NC(=O)CCNC(=O)c2cccs2)cc1. The lowest BCUT2D eigenvalue weighted by Crippen LogP contribution is -2.31. The normalized spacial score (nSPS) is 11.6. The Morgan fingerprint density at radius 2 is 1.96 bits per heavy atom. The second-order valence-electron chi connectivity index (χ2n) is 5.27. The van der Waals surface area contributed by atoms with E-state index in [0.717, 1.165) is 11.3 Å². The number of nitrogens with one attached hydrogen (secondary N) is 2. The summed E-state index contributed by atoms with van der Waals surface area (Å²) in [5.41, 5.74) is 1.01. The zero-order chi connectivity index (χ0) is 17.4. The molecule has 0 aliphatic heterocycles. The van der Waals surface area contributed by atoms with Crippen molar-refractivity contribution in [2.24, 2.45) is 0 Å². The monoisotopic (exact) mass is 346 g/mol. The highest BCUT2D eigenvalue weighted by Gasteiger charge is 2.11. The van der Waals surface area contributed by atoms with Gasteiger partial charge in [0.05, 0.1) is 17.5 Å². The van der Waals surface area contributed by atoms with Crippen molar-refractivity contribution >= 4 is 23.2 Å². The number of thiophene rings is 1. The first-order valence-corrected chi connectivity index (χ1v) is 8.82. The minimum absolute atomic E-state index is 0.0946. The van der Waals surface area contributed by atoms with Gasteiger partial charge in [-0.1, -0.05) is 18.2 Å². The zero-order valence-corrected chi connectivity index (χ0v) is 14.7. The van der Waals surface area contributed by atoms with E-state index in [1.165, 1.54) is 11.3 Å². The predicted octanol–water partition coefficient (Wildman–Crippen LogP) is 3.14. The molecule has 2 rings (SSSR count). The number of benzene rings is 1. The van der Waals surface area contributed by atoms with Gasteiger partial charge in [0.2, 0.25) is 5.91 Å². The van der Waals surface area contributed by atoms with Crippen molar-refractivity contribution in [3.63, 3.8) is 0 Å². The maximum atomic E-state index is 12.0. The van der Waals surface area contributed by atoms with E-state index >= 15 is 0 Å². The zero-order valence-electron chi connectivity index (χ0n) is 13.9. The number of amides is 2. The van der Waals surface area contributed by atoms with E-state index in [9.17, 15) is 9.59 Å². The Morgan fingerprint density at radius 3 is 2.58 bits per heavy atom. The Kier molecular flexibility index (Phi) is 6.81. The van der Waals surface area contributed by atoms with Gasteiger partial charge < -0.3 is 15.4 Å². The van der Waals surface area contributed by atoms with Crippen LogP contribution in [0.2, 0.25) is 0 Å². The van der Waals surface area contributed by atoms with Gasteiger partial charge in [-0.25, -0.2) is 0 Å². The van der Waals surface area contributed by atoms with Gasteiger partial charge in [0, 0.05) is 13.0 Å². The highest BCUT2D eigenvalue weighted by atomic mass is 32.1. The standard InChI is InChI=1S/C18H22N2O3S/c1-3-23-15-8-6-14(7-9-15)13(2)20-17(21)10-11-19-18(22)16-5-4-12-24-16/h4-9,12-13H,3,10-11H2,1-2H3,(H,19,22)(H,20,21). The summed E-state index contributed by atoms with van der Waals surface area (Å²) < 4.78 is 5.40. The Hall–Kier alpha value is -2.34. The van der Waals surface area contributed by atoms with Crippen LogP contribution < -0.4 is 15.4 Å². The van der Waals surface area contributed by atoms with Gasteiger partial charge in [-0.05, 0) is 43.0 Å². The number of carbonyl (C=O) groups is 2. The molecule has 2 amide bonds. The van der Waals surface area contributed by atoms with Gasteiger partial charge in [0.25, 0.3) is 5.91 Å². The molecule has 0 aliphatic rings. The average Bonchev–Trinajstić information content (AvgIpc) is 3.10.